The van der Waals surface area contributed by atoms with Crippen LogP contribution in [0.1, 0.15) is 27.2 Å². The van der Waals surface area contributed by atoms with Gasteiger partial charge in [-0.3, -0.25) is 14.5 Å². The Hall–Kier alpha value is -2.27. The van der Waals surface area contributed by atoms with Crippen molar-refractivity contribution < 1.29 is 9.59 Å². The van der Waals surface area contributed by atoms with Crippen LogP contribution in [0.2, 0.25) is 5.15 Å². The Labute approximate surface area is 126 Å². The lowest BCUT2D eigenvalue weighted by Gasteiger charge is -2.16. The van der Waals surface area contributed by atoms with Crippen LogP contribution in [0.4, 0.5) is 5.69 Å². The topological polar surface area (TPSA) is 63.2 Å². The van der Waals surface area contributed by atoms with Crippen LogP contribution in [0.5, 0.6) is 0 Å². The van der Waals surface area contributed by atoms with E-state index in [1.54, 1.807) is 12.1 Å². The number of aryl methyl sites for hydroxylation is 2. The second-order valence-corrected chi connectivity index (χ2v) is 5.43. The summed E-state index contributed by atoms with van der Waals surface area (Å²) >= 11 is 5.69. The van der Waals surface area contributed by atoms with Crippen LogP contribution in [0.15, 0.2) is 24.3 Å². The molecule has 2 aromatic rings. The second-order valence-electron chi connectivity index (χ2n) is 5.04. The van der Waals surface area contributed by atoms with Gasteiger partial charge in [0.1, 0.15) is 0 Å². The number of hydrogen-bond acceptors (Lipinski definition) is 4. The summed E-state index contributed by atoms with van der Waals surface area (Å²) in [5, 5.41) is 7.97. The molecule has 0 saturated heterocycles. The molecule has 0 radical (unpaired) electrons. The predicted molar refractivity (Wildman–Crippen MR) is 78.5 cm³/mol. The number of Topliss-reactive ketones (excluding diaryl/α,β-unsaturated/α-hetero) is 1. The highest BCUT2D eigenvalue weighted by Crippen LogP contribution is 2.33. The van der Waals surface area contributed by atoms with Crippen molar-refractivity contribution in [2.45, 2.75) is 20.4 Å². The molecule has 1 amide bonds. The third-order valence-corrected chi connectivity index (χ3v) is 3.63. The summed E-state index contributed by atoms with van der Waals surface area (Å²) < 4.78 is 0. The fraction of sp³-hybridized carbons (Fsp3) is 0.200. The Balaban J connectivity index is 2.03. The number of fused-ring (bicyclic) bond motifs is 1. The minimum atomic E-state index is -0.532. The molecule has 0 aliphatic carbocycles. The standard InChI is InChI=1S/C15H12ClN3O2/c1-8-5-9(2)13-11(6-8)19(15(21)14(13)20)7-10-3-4-12(16)18-17-10/h3-6H,7H2,1-2H3. The van der Waals surface area contributed by atoms with Gasteiger partial charge in [0, 0.05) is 0 Å². The largest absolute Gasteiger partial charge is 0.299 e. The number of anilines is 1. The summed E-state index contributed by atoms with van der Waals surface area (Å²) in [5.41, 5.74) is 3.51. The van der Waals surface area contributed by atoms with Crippen molar-refractivity contribution in [3.8, 4) is 0 Å². The third kappa shape index (κ3) is 2.29. The normalized spacial score (nSPS) is 13.8. The van der Waals surface area contributed by atoms with Crippen LogP contribution in [0, 0.1) is 13.8 Å². The van der Waals surface area contributed by atoms with Gasteiger partial charge < -0.3 is 0 Å². The van der Waals surface area contributed by atoms with Gasteiger partial charge in [0.15, 0.2) is 5.15 Å². The number of benzene rings is 1. The lowest BCUT2D eigenvalue weighted by Crippen LogP contribution is -2.29. The molecule has 1 aromatic carbocycles. The molecule has 0 fully saturated rings. The molecule has 2 heterocycles. The van der Waals surface area contributed by atoms with E-state index in [-0.39, 0.29) is 11.7 Å². The predicted octanol–water partition coefficient (Wildman–Crippen LogP) is 2.48. The van der Waals surface area contributed by atoms with Gasteiger partial charge in [0.05, 0.1) is 23.5 Å². The quantitative estimate of drug-likeness (QED) is 0.799. The fourth-order valence-corrected chi connectivity index (χ4v) is 2.64. The maximum atomic E-state index is 12.2. The first-order valence-electron chi connectivity index (χ1n) is 6.43. The van der Waals surface area contributed by atoms with E-state index >= 15 is 0 Å². The third-order valence-electron chi connectivity index (χ3n) is 3.42. The highest BCUT2D eigenvalue weighted by molar-refractivity contribution is 6.52. The Morgan fingerprint density at radius 3 is 2.57 bits per heavy atom. The summed E-state index contributed by atoms with van der Waals surface area (Å²) in [6.07, 6.45) is 0. The number of nitrogens with zero attached hydrogens (tertiary/aromatic N) is 3. The summed E-state index contributed by atoms with van der Waals surface area (Å²) in [6, 6.07) is 7.03. The fourth-order valence-electron chi connectivity index (χ4n) is 2.54. The molecule has 1 aliphatic rings. The van der Waals surface area contributed by atoms with E-state index in [1.165, 1.54) is 4.90 Å². The van der Waals surface area contributed by atoms with Gasteiger partial charge in [0.2, 0.25) is 0 Å². The van der Waals surface area contributed by atoms with Crippen LogP contribution >= 0.6 is 11.6 Å². The van der Waals surface area contributed by atoms with Crippen molar-refractivity contribution >= 4 is 29.0 Å². The van der Waals surface area contributed by atoms with E-state index in [1.807, 2.05) is 26.0 Å². The number of halogens is 1. The van der Waals surface area contributed by atoms with Gasteiger partial charge >= 0.3 is 0 Å². The summed E-state index contributed by atoms with van der Waals surface area (Å²) in [6.45, 7) is 3.97. The number of hydrogen-bond donors (Lipinski definition) is 0. The summed E-state index contributed by atoms with van der Waals surface area (Å²) in [4.78, 5) is 25.8. The van der Waals surface area contributed by atoms with Crippen molar-refractivity contribution in [2.24, 2.45) is 0 Å². The number of ketones is 1. The second kappa shape index (κ2) is 4.93. The van der Waals surface area contributed by atoms with Gasteiger partial charge in [0.25, 0.3) is 11.7 Å². The maximum absolute atomic E-state index is 12.2. The molecule has 106 valence electrons. The Bertz CT molecular complexity index is 756. The van der Waals surface area contributed by atoms with Crippen LogP contribution in [0.3, 0.4) is 0 Å². The van der Waals surface area contributed by atoms with E-state index in [0.29, 0.717) is 16.9 Å². The van der Waals surface area contributed by atoms with Crippen molar-refractivity contribution in [3.63, 3.8) is 0 Å². The van der Waals surface area contributed by atoms with Gasteiger partial charge in [-0.05, 0) is 43.2 Å². The first-order valence-corrected chi connectivity index (χ1v) is 6.80. The Kier molecular flexibility index (Phi) is 3.22. The highest BCUT2D eigenvalue weighted by Gasteiger charge is 2.37. The van der Waals surface area contributed by atoms with Crippen LogP contribution < -0.4 is 4.90 Å². The van der Waals surface area contributed by atoms with Crippen LogP contribution in [0.25, 0.3) is 0 Å². The number of amides is 1. The first-order chi connectivity index (χ1) is 9.97. The van der Waals surface area contributed by atoms with Gasteiger partial charge in [-0.2, -0.15) is 5.10 Å². The minimum Gasteiger partial charge on any atom is -0.299 e. The average molecular weight is 302 g/mol. The smallest absolute Gasteiger partial charge is 0.299 e. The van der Waals surface area contributed by atoms with E-state index in [4.69, 9.17) is 11.6 Å². The minimum absolute atomic E-state index is 0.199. The van der Waals surface area contributed by atoms with Crippen LogP contribution in [-0.4, -0.2) is 21.9 Å². The molecule has 0 bridgehead atoms. The number of carbonyl (C=O) groups excluding carboxylic acids is 2. The molecule has 3 rings (SSSR count). The molecule has 6 heteroatoms. The van der Waals surface area contributed by atoms with Crippen molar-refractivity contribution in [1.82, 2.24) is 10.2 Å². The molecule has 0 unspecified atom stereocenters. The Morgan fingerprint density at radius 1 is 1.14 bits per heavy atom. The number of rotatable bonds is 2. The average Bonchev–Trinajstić information content (AvgIpc) is 2.66. The molecule has 1 aliphatic heterocycles. The number of carbonyl (C=O) groups is 2. The molecule has 21 heavy (non-hydrogen) atoms. The molecule has 0 N–H and O–H groups in total. The molecular weight excluding hydrogens is 290 g/mol. The maximum Gasteiger partial charge on any atom is 0.299 e. The van der Waals surface area contributed by atoms with Gasteiger partial charge in [-0.25, -0.2) is 0 Å². The summed E-state index contributed by atoms with van der Waals surface area (Å²) in [7, 11) is 0. The van der Waals surface area contributed by atoms with Crippen molar-refractivity contribution in [1.29, 1.82) is 0 Å². The molecule has 5 nitrogen and oxygen atoms in total. The monoisotopic (exact) mass is 301 g/mol. The SMILES string of the molecule is Cc1cc(C)c2c(c1)N(Cc1ccc(Cl)nn1)C(=O)C2=O. The van der Waals surface area contributed by atoms with E-state index in [9.17, 15) is 9.59 Å². The first kappa shape index (κ1) is 13.7. The zero-order chi connectivity index (χ0) is 15.1. The molecule has 1 aromatic heterocycles. The highest BCUT2D eigenvalue weighted by atomic mass is 35.5. The zero-order valence-electron chi connectivity index (χ0n) is 11.6. The van der Waals surface area contributed by atoms with Crippen LogP contribution in [-0.2, 0) is 11.3 Å². The lowest BCUT2D eigenvalue weighted by atomic mass is 10.0. The lowest BCUT2D eigenvalue weighted by molar-refractivity contribution is -0.114. The number of aromatic nitrogens is 2. The van der Waals surface area contributed by atoms with Crippen molar-refractivity contribution in [3.05, 3.63) is 51.8 Å². The molecule has 0 saturated carbocycles. The molecule has 0 atom stereocenters. The molecule has 0 spiro atoms. The Morgan fingerprint density at radius 2 is 1.90 bits per heavy atom. The van der Waals surface area contributed by atoms with E-state index in [2.05, 4.69) is 10.2 Å². The summed E-state index contributed by atoms with van der Waals surface area (Å²) in [5.74, 6) is -1.00. The van der Waals surface area contributed by atoms with E-state index in [0.717, 1.165) is 11.1 Å². The van der Waals surface area contributed by atoms with Gasteiger partial charge in [-0.1, -0.05) is 17.7 Å². The van der Waals surface area contributed by atoms with E-state index < -0.39 is 11.7 Å². The van der Waals surface area contributed by atoms with Gasteiger partial charge in [-0.15, -0.1) is 5.10 Å². The zero-order valence-corrected chi connectivity index (χ0v) is 12.3. The molecular formula is C15H12ClN3O2. The van der Waals surface area contributed by atoms with Crippen molar-refractivity contribution in [2.75, 3.05) is 4.90 Å².